The molecular formula is C26H28FN5O4S. The Bertz CT molecular complexity index is 1520. The Morgan fingerprint density at radius 1 is 1.11 bits per heavy atom. The van der Waals surface area contributed by atoms with Crippen LogP contribution >= 0.6 is 0 Å². The number of aromatic nitrogens is 2. The number of rotatable bonds is 6. The summed E-state index contributed by atoms with van der Waals surface area (Å²) in [4.78, 5) is 26.2. The number of carbonyl (C=O) groups excluding carboxylic acids is 2. The van der Waals surface area contributed by atoms with Gasteiger partial charge in [0, 0.05) is 22.3 Å². The van der Waals surface area contributed by atoms with Crippen LogP contribution in [0.4, 0.5) is 10.1 Å². The first kappa shape index (κ1) is 26.1. The first-order valence-corrected chi connectivity index (χ1v) is 13.4. The topological polar surface area (TPSA) is 133 Å². The maximum absolute atomic E-state index is 16.3. The maximum Gasteiger partial charge on any atom is 0.268 e. The van der Waals surface area contributed by atoms with E-state index in [9.17, 15) is 18.0 Å². The number of hydrogen-bond acceptors (Lipinski definition) is 5. The van der Waals surface area contributed by atoms with Crippen LogP contribution in [0, 0.1) is 0 Å². The molecule has 0 fully saturated rings. The van der Waals surface area contributed by atoms with Gasteiger partial charge in [0.25, 0.3) is 11.8 Å². The fourth-order valence-corrected chi connectivity index (χ4v) is 4.47. The highest BCUT2D eigenvalue weighted by Gasteiger charge is 2.46. The van der Waals surface area contributed by atoms with E-state index >= 15 is 4.39 Å². The summed E-state index contributed by atoms with van der Waals surface area (Å²) >= 11 is 0. The summed E-state index contributed by atoms with van der Waals surface area (Å²) in [5.74, 6) is -1.66. The van der Waals surface area contributed by atoms with E-state index in [4.69, 9.17) is 0 Å². The van der Waals surface area contributed by atoms with Crippen LogP contribution in [0.2, 0.25) is 0 Å². The Morgan fingerprint density at radius 2 is 1.81 bits per heavy atom. The molecule has 1 aliphatic rings. The summed E-state index contributed by atoms with van der Waals surface area (Å²) in [5, 5.41) is 12.6. The van der Waals surface area contributed by atoms with E-state index in [1.807, 2.05) is 32.9 Å². The lowest BCUT2D eigenvalue weighted by molar-refractivity contribution is -0.125. The van der Waals surface area contributed by atoms with Crippen molar-refractivity contribution < 1.29 is 22.4 Å². The lowest BCUT2D eigenvalue weighted by Crippen LogP contribution is -2.56. The van der Waals surface area contributed by atoms with E-state index in [1.54, 1.807) is 36.5 Å². The monoisotopic (exact) mass is 525 g/mol. The molecule has 9 nitrogen and oxygen atoms in total. The molecule has 37 heavy (non-hydrogen) atoms. The average molecular weight is 526 g/mol. The van der Waals surface area contributed by atoms with Crippen molar-refractivity contribution in [1.29, 1.82) is 0 Å². The van der Waals surface area contributed by atoms with Crippen LogP contribution in [0.5, 0.6) is 0 Å². The summed E-state index contributed by atoms with van der Waals surface area (Å²) in [6.07, 6.45) is 5.81. The van der Waals surface area contributed by atoms with Crippen LogP contribution < -0.4 is 15.4 Å². The number of aromatic amines is 1. The van der Waals surface area contributed by atoms with Gasteiger partial charge in [0.2, 0.25) is 15.7 Å². The third-order valence-corrected chi connectivity index (χ3v) is 6.56. The maximum atomic E-state index is 16.3. The molecule has 1 aliphatic carbocycles. The summed E-state index contributed by atoms with van der Waals surface area (Å²) in [6.45, 7) is 6.12. The summed E-state index contributed by atoms with van der Waals surface area (Å²) in [6, 6.07) is 10.3. The van der Waals surface area contributed by atoms with Crippen LogP contribution in [0.15, 0.2) is 72.6 Å². The number of alkyl halides is 1. The number of fused-ring (bicyclic) bond motifs is 1. The molecule has 194 valence electrons. The zero-order valence-corrected chi connectivity index (χ0v) is 21.6. The normalized spacial score (nSPS) is 19.8. The molecule has 0 radical (unpaired) electrons. The van der Waals surface area contributed by atoms with Gasteiger partial charge in [-0.1, -0.05) is 32.9 Å². The third kappa shape index (κ3) is 5.88. The van der Waals surface area contributed by atoms with Crippen molar-refractivity contribution in [2.45, 2.75) is 37.9 Å². The summed E-state index contributed by atoms with van der Waals surface area (Å²) in [7, 11) is -3.68. The Hall–Kier alpha value is -3.99. The van der Waals surface area contributed by atoms with Gasteiger partial charge in [-0.3, -0.25) is 19.4 Å². The number of benzene rings is 2. The van der Waals surface area contributed by atoms with Crippen molar-refractivity contribution >= 4 is 38.4 Å². The number of nitrogens with one attached hydrogen (secondary N) is 4. The highest BCUT2D eigenvalue weighted by atomic mass is 32.2. The molecule has 0 bridgehead atoms. The fraction of sp³-hybridized carbons (Fsp3) is 0.269. The van der Waals surface area contributed by atoms with Gasteiger partial charge < -0.3 is 10.6 Å². The van der Waals surface area contributed by atoms with Gasteiger partial charge in [-0.2, -0.15) is 5.10 Å². The smallest absolute Gasteiger partial charge is 0.268 e. The van der Waals surface area contributed by atoms with E-state index in [0.29, 0.717) is 11.2 Å². The molecule has 2 atom stereocenters. The van der Waals surface area contributed by atoms with Crippen LogP contribution in [0.1, 0.15) is 36.7 Å². The lowest BCUT2D eigenvalue weighted by Gasteiger charge is -2.32. The highest BCUT2D eigenvalue weighted by molar-refractivity contribution is 7.88. The SMILES string of the molecule is CC(C)(C)c1ccc(C(=O)NC2C=C(NS(C)(=O)=O)C=CC2(F)C(=O)Nc2ccc3cn[nH]c3c2)cc1. The van der Waals surface area contributed by atoms with Crippen LogP contribution in [-0.4, -0.2) is 48.4 Å². The first-order chi connectivity index (χ1) is 17.2. The third-order valence-electron chi connectivity index (χ3n) is 5.96. The number of carbonyl (C=O) groups is 2. The molecule has 2 unspecified atom stereocenters. The number of anilines is 1. The van der Waals surface area contributed by atoms with Crippen molar-refractivity contribution in [2.24, 2.45) is 0 Å². The molecule has 1 aromatic heterocycles. The number of amides is 2. The average Bonchev–Trinajstić information content (AvgIpc) is 3.28. The van der Waals surface area contributed by atoms with Crippen molar-refractivity contribution in [3.8, 4) is 0 Å². The van der Waals surface area contributed by atoms with Crippen LogP contribution in [0.25, 0.3) is 10.9 Å². The highest BCUT2D eigenvalue weighted by Crippen LogP contribution is 2.29. The lowest BCUT2D eigenvalue weighted by atomic mass is 9.86. The molecule has 1 heterocycles. The molecule has 3 aromatic rings. The molecule has 4 rings (SSSR count). The van der Waals surface area contributed by atoms with E-state index in [-0.39, 0.29) is 16.7 Å². The molecule has 11 heteroatoms. The molecule has 0 spiro atoms. The Kier molecular flexibility index (Phi) is 6.68. The first-order valence-electron chi connectivity index (χ1n) is 11.5. The number of sulfonamides is 1. The minimum atomic E-state index is -3.68. The number of hydrogen-bond donors (Lipinski definition) is 4. The molecule has 0 aliphatic heterocycles. The predicted molar refractivity (Wildman–Crippen MR) is 140 cm³/mol. The van der Waals surface area contributed by atoms with Crippen molar-refractivity contribution in [3.63, 3.8) is 0 Å². The molecule has 2 amide bonds. The number of H-pyrrole nitrogens is 1. The van der Waals surface area contributed by atoms with E-state index < -0.39 is 33.5 Å². The minimum Gasteiger partial charge on any atom is -0.342 e. The van der Waals surface area contributed by atoms with Gasteiger partial charge in [-0.25, -0.2) is 12.8 Å². The van der Waals surface area contributed by atoms with E-state index in [1.165, 1.54) is 6.08 Å². The van der Waals surface area contributed by atoms with Gasteiger partial charge in [0.05, 0.1) is 24.0 Å². The van der Waals surface area contributed by atoms with Crippen LogP contribution in [0.3, 0.4) is 0 Å². The quantitative estimate of drug-likeness (QED) is 0.392. The van der Waals surface area contributed by atoms with E-state index in [0.717, 1.165) is 29.4 Å². The largest absolute Gasteiger partial charge is 0.342 e. The van der Waals surface area contributed by atoms with Crippen molar-refractivity contribution in [1.82, 2.24) is 20.2 Å². The van der Waals surface area contributed by atoms with Crippen molar-refractivity contribution in [2.75, 3.05) is 11.6 Å². The molecule has 0 saturated carbocycles. The minimum absolute atomic E-state index is 0.0239. The zero-order chi connectivity index (χ0) is 27.0. The van der Waals surface area contributed by atoms with Gasteiger partial charge in [-0.05, 0) is 59.5 Å². The molecule has 0 saturated heterocycles. The zero-order valence-electron chi connectivity index (χ0n) is 20.8. The standard InChI is InChI=1S/C26H28FN5O4S/c1-25(2,3)18-8-5-16(6-9-18)23(33)30-22-14-20(32-37(4,35)36)11-12-26(22,27)24(34)29-19-10-7-17-15-28-31-21(17)13-19/h5-15,22,32H,1-4H3,(H,28,31)(H,29,34)(H,30,33). The molecule has 2 aromatic carbocycles. The second-order valence-electron chi connectivity index (χ2n) is 10.0. The Balaban J connectivity index is 1.61. The van der Waals surface area contributed by atoms with Gasteiger partial charge in [0.15, 0.2) is 0 Å². The Morgan fingerprint density at radius 3 is 2.46 bits per heavy atom. The number of allylic oxidation sites excluding steroid dienone is 1. The van der Waals surface area contributed by atoms with Gasteiger partial charge in [-0.15, -0.1) is 0 Å². The van der Waals surface area contributed by atoms with Gasteiger partial charge >= 0.3 is 0 Å². The summed E-state index contributed by atoms with van der Waals surface area (Å²) < 4.78 is 42.0. The van der Waals surface area contributed by atoms with E-state index in [2.05, 4.69) is 25.6 Å². The van der Waals surface area contributed by atoms with Gasteiger partial charge in [0.1, 0.15) is 0 Å². The molecular weight excluding hydrogens is 497 g/mol. The Labute approximate surface area is 214 Å². The van der Waals surface area contributed by atoms with Crippen LogP contribution in [-0.2, 0) is 20.2 Å². The fourth-order valence-electron chi connectivity index (χ4n) is 3.90. The molecule has 4 N–H and O–H groups in total. The second kappa shape index (κ2) is 9.47. The summed E-state index contributed by atoms with van der Waals surface area (Å²) in [5.41, 5.74) is -0.572. The number of halogens is 1. The second-order valence-corrected chi connectivity index (χ2v) is 11.8. The predicted octanol–water partition coefficient (Wildman–Crippen LogP) is 3.31. The van der Waals surface area contributed by atoms with Crippen molar-refractivity contribution in [3.05, 3.63) is 83.7 Å². The number of nitrogens with zero attached hydrogens (tertiary/aromatic N) is 1.